The molecule has 0 atom stereocenters. The van der Waals surface area contributed by atoms with Crippen LogP contribution in [0, 0.1) is 11.3 Å². The zero-order valence-electron chi connectivity index (χ0n) is 9.35. The van der Waals surface area contributed by atoms with Gasteiger partial charge in [0.1, 0.15) is 18.0 Å². The second-order valence-electron chi connectivity index (χ2n) is 3.26. The lowest BCUT2D eigenvalue weighted by Crippen LogP contribution is -2.19. The number of rotatable bonds is 6. The van der Waals surface area contributed by atoms with Crippen LogP contribution in [-0.2, 0) is 0 Å². The molecule has 0 aliphatic carbocycles. The molecule has 0 aromatic carbocycles. The number of hydrogen-bond acceptors (Lipinski definition) is 5. The summed E-state index contributed by atoms with van der Waals surface area (Å²) in [6, 6.07) is 3.95. The minimum Gasteiger partial charge on any atom is -0.366 e. The summed E-state index contributed by atoms with van der Waals surface area (Å²) >= 11 is 0. The molecule has 0 saturated heterocycles. The van der Waals surface area contributed by atoms with E-state index < -0.39 is 0 Å². The summed E-state index contributed by atoms with van der Waals surface area (Å²) in [5.74, 6) is 1.56. The molecule has 1 N–H and O–H groups in total. The van der Waals surface area contributed by atoms with Crippen molar-refractivity contribution in [1.29, 1.82) is 5.26 Å². The molecular weight excluding hydrogens is 202 g/mol. The molecule has 1 heterocycles. The van der Waals surface area contributed by atoms with Gasteiger partial charge in [0.25, 0.3) is 0 Å². The predicted molar refractivity (Wildman–Crippen MR) is 64.2 cm³/mol. The van der Waals surface area contributed by atoms with Crippen LogP contribution in [0.4, 0.5) is 11.6 Å². The fourth-order valence-electron chi connectivity index (χ4n) is 1.16. The summed E-state index contributed by atoms with van der Waals surface area (Å²) in [4.78, 5) is 10.1. The van der Waals surface area contributed by atoms with Gasteiger partial charge in [-0.2, -0.15) is 5.26 Å². The first-order valence-corrected chi connectivity index (χ1v) is 5.03. The maximum absolute atomic E-state index is 8.50. The van der Waals surface area contributed by atoms with Crippen LogP contribution in [0.2, 0.25) is 0 Å². The van der Waals surface area contributed by atoms with Gasteiger partial charge in [0.15, 0.2) is 0 Å². The van der Waals surface area contributed by atoms with Gasteiger partial charge in [-0.05, 0) is 0 Å². The fourth-order valence-corrected chi connectivity index (χ4v) is 1.16. The highest BCUT2D eigenvalue weighted by Crippen LogP contribution is 2.12. The minimum absolute atomic E-state index is 0.482. The van der Waals surface area contributed by atoms with Crippen molar-refractivity contribution in [1.82, 2.24) is 9.97 Å². The molecule has 5 nitrogen and oxygen atoms in total. The van der Waals surface area contributed by atoms with Crippen molar-refractivity contribution >= 4 is 11.6 Å². The van der Waals surface area contributed by atoms with Crippen molar-refractivity contribution in [2.24, 2.45) is 0 Å². The normalized spacial score (nSPS) is 9.25. The van der Waals surface area contributed by atoms with Crippen LogP contribution in [0.1, 0.15) is 6.42 Å². The van der Waals surface area contributed by atoms with Gasteiger partial charge in [0.2, 0.25) is 0 Å². The Morgan fingerprint density at radius 1 is 1.62 bits per heavy atom. The van der Waals surface area contributed by atoms with Gasteiger partial charge in [-0.15, -0.1) is 6.58 Å². The molecule has 0 aliphatic rings. The molecule has 0 fully saturated rings. The molecule has 0 aliphatic heterocycles. The second-order valence-corrected chi connectivity index (χ2v) is 3.26. The van der Waals surface area contributed by atoms with Crippen LogP contribution in [-0.4, -0.2) is 30.1 Å². The van der Waals surface area contributed by atoms with Crippen LogP contribution >= 0.6 is 0 Å². The Morgan fingerprint density at radius 3 is 3.12 bits per heavy atom. The van der Waals surface area contributed by atoms with E-state index in [0.717, 1.165) is 11.6 Å². The smallest absolute Gasteiger partial charge is 0.133 e. The molecule has 0 saturated carbocycles. The highest BCUT2D eigenvalue weighted by molar-refractivity contribution is 5.48. The Hall–Kier alpha value is -2.09. The largest absolute Gasteiger partial charge is 0.366 e. The third kappa shape index (κ3) is 3.58. The fraction of sp³-hybridized carbons (Fsp3) is 0.364. The Bertz CT molecular complexity index is 382. The monoisotopic (exact) mass is 217 g/mol. The van der Waals surface area contributed by atoms with E-state index in [2.05, 4.69) is 27.9 Å². The van der Waals surface area contributed by atoms with E-state index >= 15 is 0 Å². The molecule has 84 valence electrons. The molecule has 0 radical (unpaired) electrons. The molecule has 0 bridgehead atoms. The average Bonchev–Trinajstić information content (AvgIpc) is 2.33. The van der Waals surface area contributed by atoms with Crippen LogP contribution in [0.5, 0.6) is 0 Å². The molecule has 0 amide bonds. The van der Waals surface area contributed by atoms with Crippen molar-refractivity contribution < 1.29 is 0 Å². The first kappa shape index (κ1) is 12.0. The van der Waals surface area contributed by atoms with Crippen molar-refractivity contribution in [3.05, 3.63) is 25.0 Å². The van der Waals surface area contributed by atoms with E-state index in [1.165, 1.54) is 6.33 Å². The van der Waals surface area contributed by atoms with Crippen LogP contribution in [0.25, 0.3) is 0 Å². The van der Waals surface area contributed by atoms with E-state index in [0.29, 0.717) is 19.5 Å². The first-order valence-electron chi connectivity index (χ1n) is 5.03. The molecule has 0 spiro atoms. The van der Waals surface area contributed by atoms with E-state index in [9.17, 15) is 0 Å². The highest BCUT2D eigenvalue weighted by Gasteiger charge is 2.03. The molecule has 0 unspecified atom stereocenters. The third-order valence-corrected chi connectivity index (χ3v) is 2.03. The van der Waals surface area contributed by atoms with E-state index in [1.807, 2.05) is 18.0 Å². The summed E-state index contributed by atoms with van der Waals surface area (Å²) in [7, 11) is 1.90. The molecule has 1 aromatic rings. The van der Waals surface area contributed by atoms with Gasteiger partial charge in [-0.25, -0.2) is 9.97 Å². The summed E-state index contributed by atoms with van der Waals surface area (Å²) < 4.78 is 0. The zero-order chi connectivity index (χ0) is 11.8. The van der Waals surface area contributed by atoms with Crippen molar-refractivity contribution in [3.8, 4) is 6.07 Å². The maximum atomic E-state index is 8.50. The predicted octanol–water partition coefficient (Wildman–Crippen LogP) is 1.42. The van der Waals surface area contributed by atoms with E-state index in [-0.39, 0.29) is 0 Å². The Kier molecular flexibility index (Phi) is 4.80. The first-order chi connectivity index (χ1) is 7.77. The Morgan fingerprint density at radius 2 is 2.44 bits per heavy atom. The number of nitrogens with one attached hydrogen (secondary N) is 1. The average molecular weight is 217 g/mol. The van der Waals surface area contributed by atoms with Gasteiger partial charge < -0.3 is 10.2 Å². The molecule has 1 aromatic heterocycles. The minimum atomic E-state index is 0.482. The molecule has 1 rings (SSSR count). The quantitative estimate of drug-likeness (QED) is 0.730. The van der Waals surface area contributed by atoms with Gasteiger partial charge >= 0.3 is 0 Å². The maximum Gasteiger partial charge on any atom is 0.133 e. The topological polar surface area (TPSA) is 64.8 Å². The van der Waals surface area contributed by atoms with Crippen molar-refractivity contribution in [2.75, 3.05) is 30.4 Å². The van der Waals surface area contributed by atoms with E-state index in [4.69, 9.17) is 5.26 Å². The standard InChI is InChI=1S/C11H15N5/c1-3-6-13-10-8-11(15-9-14-10)16(2)7-4-5-12/h3,8-9H,1,4,6-7H2,2H3,(H,13,14,15). The molecule has 16 heavy (non-hydrogen) atoms. The van der Waals surface area contributed by atoms with Gasteiger partial charge in [-0.3, -0.25) is 0 Å². The number of nitriles is 1. The molecule has 5 heteroatoms. The lowest BCUT2D eigenvalue weighted by atomic mass is 10.4. The van der Waals surface area contributed by atoms with Gasteiger partial charge in [0.05, 0.1) is 12.5 Å². The Balaban J connectivity index is 2.66. The summed E-state index contributed by atoms with van der Waals surface area (Å²) in [6.45, 7) is 4.95. The number of hydrogen-bond donors (Lipinski definition) is 1. The van der Waals surface area contributed by atoms with Crippen molar-refractivity contribution in [2.45, 2.75) is 6.42 Å². The number of anilines is 2. The van der Waals surface area contributed by atoms with Gasteiger partial charge in [0, 0.05) is 26.2 Å². The lowest BCUT2D eigenvalue weighted by Gasteiger charge is -2.16. The summed E-state index contributed by atoms with van der Waals surface area (Å²) in [5, 5.41) is 11.6. The zero-order valence-corrected chi connectivity index (χ0v) is 9.35. The molecular formula is C11H15N5. The number of nitrogens with zero attached hydrogens (tertiary/aromatic N) is 4. The number of aromatic nitrogens is 2. The van der Waals surface area contributed by atoms with Crippen molar-refractivity contribution in [3.63, 3.8) is 0 Å². The summed E-state index contributed by atoms with van der Waals surface area (Å²) in [6.07, 6.45) is 3.75. The van der Waals surface area contributed by atoms with Gasteiger partial charge in [-0.1, -0.05) is 6.08 Å². The van der Waals surface area contributed by atoms with E-state index in [1.54, 1.807) is 6.08 Å². The van der Waals surface area contributed by atoms with Crippen LogP contribution < -0.4 is 10.2 Å². The summed E-state index contributed by atoms with van der Waals surface area (Å²) in [5.41, 5.74) is 0. The lowest BCUT2D eigenvalue weighted by molar-refractivity contribution is 0.879. The Labute approximate surface area is 95.4 Å². The van der Waals surface area contributed by atoms with Crippen LogP contribution in [0.15, 0.2) is 25.0 Å². The van der Waals surface area contributed by atoms with Crippen LogP contribution in [0.3, 0.4) is 0 Å². The second kappa shape index (κ2) is 6.40. The third-order valence-electron chi connectivity index (χ3n) is 2.03. The SMILES string of the molecule is C=CCNc1cc(N(C)CCC#N)ncn1. The highest BCUT2D eigenvalue weighted by atomic mass is 15.2.